The van der Waals surface area contributed by atoms with Gasteiger partial charge in [-0.15, -0.1) is 0 Å². The van der Waals surface area contributed by atoms with E-state index in [0.717, 1.165) is 16.7 Å². The average molecular weight is 205 g/mol. The number of aromatic nitrogens is 1. The van der Waals surface area contributed by atoms with Crippen molar-refractivity contribution in [1.29, 1.82) is 0 Å². The quantitative estimate of drug-likeness (QED) is 0.706. The molecule has 82 valence electrons. The standard InChI is InChI=1S/C13H19NO/c1-8(2)11-6-14-7-12(9(3)4)13(11)10(5)15/h6-9H,1-5H3. The summed E-state index contributed by atoms with van der Waals surface area (Å²) in [5.74, 6) is 0.829. The molecule has 0 saturated heterocycles. The van der Waals surface area contributed by atoms with Crippen LogP contribution in [0.4, 0.5) is 0 Å². The van der Waals surface area contributed by atoms with Crippen LogP contribution in [0.5, 0.6) is 0 Å². The molecule has 0 atom stereocenters. The van der Waals surface area contributed by atoms with Gasteiger partial charge in [-0.2, -0.15) is 0 Å². The first-order valence-corrected chi connectivity index (χ1v) is 5.43. The normalized spacial score (nSPS) is 11.1. The maximum absolute atomic E-state index is 11.7. The van der Waals surface area contributed by atoms with Crippen molar-refractivity contribution >= 4 is 5.78 Å². The molecule has 1 heterocycles. The van der Waals surface area contributed by atoms with Crippen molar-refractivity contribution in [2.45, 2.75) is 46.5 Å². The van der Waals surface area contributed by atoms with Crippen LogP contribution in [0.15, 0.2) is 12.4 Å². The molecule has 1 aromatic heterocycles. The summed E-state index contributed by atoms with van der Waals surface area (Å²) in [5.41, 5.74) is 3.00. The maximum Gasteiger partial charge on any atom is 0.160 e. The monoisotopic (exact) mass is 205 g/mol. The van der Waals surface area contributed by atoms with Crippen molar-refractivity contribution < 1.29 is 4.79 Å². The Hall–Kier alpha value is -1.18. The van der Waals surface area contributed by atoms with Crippen molar-refractivity contribution in [1.82, 2.24) is 4.98 Å². The van der Waals surface area contributed by atoms with E-state index in [1.165, 1.54) is 0 Å². The van der Waals surface area contributed by atoms with Crippen LogP contribution in [0.25, 0.3) is 0 Å². The summed E-state index contributed by atoms with van der Waals surface area (Å²) in [7, 11) is 0. The molecule has 0 aromatic carbocycles. The van der Waals surface area contributed by atoms with Gasteiger partial charge in [0.2, 0.25) is 0 Å². The molecule has 15 heavy (non-hydrogen) atoms. The molecule has 0 amide bonds. The summed E-state index contributed by atoms with van der Waals surface area (Å²) < 4.78 is 0. The number of hydrogen-bond donors (Lipinski definition) is 0. The van der Waals surface area contributed by atoms with Crippen molar-refractivity contribution in [3.8, 4) is 0 Å². The van der Waals surface area contributed by atoms with E-state index < -0.39 is 0 Å². The number of Topliss-reactive ketones (excluding diaryl/α,β-unsaturated/α-hetero) is 1. The van der Waals surface area contributed by atoms with Gasteiger partial charge in [0, 0.05) is 18.0 Å². The fraction of sp³-hybridized carbons (Fsp3) is 0.538. The number of hydrogen-bond acceptors (Lipinski definition) is 2. The summed E-state index contributed by atoms with van der Waals surface area (Å²) >= 11 is 0. The topological polar surface area (TPSA) is 30.0 Å². The summed E-state index contributed by atoms with van der Waals surface area (Å²) in [4.78, 5) is 15.9. The minimum atomic E-state index is 0.143. The SMILES string of the molecule is CC(=O)c1c(C(C)C)cncc1C(C)C. The third kappa shape index (κ3) is 2.44. The fourth-order valence-corrected chi connectivity index (χ4v) is 1.78. The second-order valence-electron chi connectivity index (χ2n) is 4.56. The molecule has 1 aromatic rings. The Kier molecular flexibility index (Phi) is 3.61. The fourth-order valence-electron chi connectivity index (χ4n) is 1.78. The van der Waals surface area contributed by atoms with Gasteiger partial charge in [-0.1, -0.05) is 27.7 Å². The Labute approximate surface area is 91.7 Å². The van der Waals surface area contributed by atoms with Crippen molar-refractivity contribution in [2.24, 2.45) is 0 Å². The number of rotatable bonds is 3. The van der Waals surface area contributed by atoms with Crippen LogP contribution in [0, 0.1) is 0 Å². The highest BCUT2D eigenvalue weighted by atomic mass is 16.1. The van der Waals surface area contributed by atoms with Gasteiger partial charge in [0.05, 0.1) is 0 Å². The van der Waals surface area contributed by atoms with E-state index in [1.807, 2.05) is 12.4 Å². The van der Waals surface area contributed by atoms with Gasteiger partial charge in [0.1, 0.15) is 0 Å². The Bertz CT molecular complexity index is 341. The van der Waals surface area contributed by atoms with Crippen LogP contribution in [-0.4, -0.2) is 10.8 Å². The van der Waals surface area contributed by atoms with Gasteiger partial charge in [0.25, 0.3) is 0 Å². The molecule has 0 aliphatic heterocycles. The number of carbonyl (C=O) groups excluding carboxylic acids is 1. The Morgan fingerprint density at radius 3 is 1.73 bits per heavy atom. The molecule has 0 N–H and O–H groups in total. The number of nitrogens with zero attached hydrogens (tertiary/aromatic N) is 1. The number of pyridine rings is 1. The minimum Gasteiger partial charge on any atom is -0.294 e. The maximum atomic E-state index is 11.7. The Morgan fingerprint density at radius 2 is 1.47 bits per heavy atom. The first-order chi connectivity index (χ1) is 6.95. The average Bonchev–Trinajstić information content (AvgIpc) is 2.16. The number of carbonyl (C=O) groups is 1. The van der Waals surface area contributed by atoms with E-state index in [2.05, 4.69) is 32.7 Å². The van der Waals surface area contributed by atoms with Crippen LogP contribution in [-0.2, 0) is 0 Å². The molecule has 0 bridgehead atoms. The van der Waals surface area contributed by atoms with E-state index in [4.69, 9.17) is 0 Å². The summed E-state index contributed by atoms with van der Waals surface area (Å²) in [6, 6.07) is 0. The van der Waals surface area contributed by atoms with E-state index >= 15 is 0 Å². The summed E-state index contributed by atoms with van der Waals surface area (Å²) in [5, 5.41) is 0. The predicted octanol–water partition coefficient (Wildman–Crippen LogP) is 3.53. The lowest BCUT2D eigenvalue weighted by Gasteiger charge is -2.16. The molecule has 0 fully saturated rings. The molecule has 0 aliphatic rings. The highest BCUT2D eigenvalue weighted by Gasteiger charge is 2.17. The lowest BCUT2D eigenvalue weighted by Crippen LogP contribution is -2.08. The summed E-state index contributed by atoms with van der Waals surface area (Å²) in [6.07, 6.45) is 3.63. The molecular weight excluding hydrogens is 186 g/mol. The van der Waals surface area contributed by atoms with Crippen LogP contribution in [0.1, 0.15) is 67.9 Å². The lowest BCUT2D eigenvalue weighted by atomic mass is 9.89. The van der Waals surface area contributed by atoms with Gasteiger partial charge in [-0.25, -0.2) is 0 Å². The van der Waals surface area contributed by atoms with Gasteiger partial charge in [-0.05, 0) is 29.9 Å². The van der Waals surface area contributed by atoms with E-state index in [-0.39, 0.29) is 5.78 Å². The first-order valence-electron chi connectivity index (χ1n) is 5.43. The smallest absolute Gasteiger partial charge is 0.160 e. The molecule has 1 rings (SSSR count). The van der Waals surface area contributed by atoms with Crippen molar-refractivity contribution in [3.63, 3.8) is 0 Å². The van der Waals surface area contributed by atoms with Gasteiger partial charge in [0.15, 0.2) is 5.78 Å². The van der Waals surface area contributed by atoms with Crippen LogP contribution in [0.2, 0.25) is 0 Å². The van der Waals surface area contributed by atoms with Crippen LogP contribution < -0.4 is 0 Å². The Balaban J connectivity index is 3.42. The third-order valence-corrected chi connectivity index (χ3v) is 2.60. The first kappa shape index (κ1) is 11.9. The molecule has 0 saturated carbocycles. The summed E-state index contributed by atoms with van der Waals surface area (Å²) in [6.45, 7) is 10.00. The highest BCUT2D eigenvalue weighted by Crippen LogP contribution is 2.26. The van der Waals surface area contributed by atoms with Gasteiger partial charge in [-0.3, -0.25) is 9.78 Å². The molecule has 2 heteroatoms. The zero-order valence-electron chi connectivity index (χ0n) is 10.2. The minimum absolute atomic E-state index is 0.143. The predicted molar refractivity (Wildman–Crippen MR) is 62.4 cm³/mol. The molecular formula is C13H19NO. The second-order valence-corrected chi connectivity index (χ2v) is 4.56. The largest absolute Gasteiger partial charge is 0.294 e. The molecule has 0 aliphatic carbocycles. The van der Waals surface area contributed by atoms with Crippen LogP contribution in [0.3, 0.4) is 0 Å². The Morgan fingerprint density at radius 1 is 1.07 bits per heavy atom. The zero-order valence-corrected chi connectivity index (χ0v) is 10.2. The van der Waals surface area contributed by atoms with Crippen molar-refractivity contribution in [2.75, 3.05) is 0 Å². The second kappa shape index (κ2) is 4.56. The van der Waals surface area contributed by atoms with Crippen molar-refractivity contribution in [3.05, 3.63) is 29.1 Å². The molecule has 0 spiro atoms. The molecule has 0 unspecified atom stereocenters. The third-order valence-electron chi connectivity index (χ3n) is 2.60. The van der Waals surface area contributed by atoms with E-state index in [0.29, 0.717) is 11.8 Å². The van der Waals surface area contributed by atoms with E-state index in [1.54, 1.807) is 6.92 Å². The highest BCUT2D eigenvalue weighted by molar-refractivity contribution is 5.97. The van der Waals surface area contributed by atoms with Gasteiger partial charge < -0.3 is 0 Å². The van der Waals surface area contributed by atoms with Gasteiger partial charge >= 0.3 is 0 Å². The zero-order chi connectivity index (χ0) is 11.6. The van der Waals surface area contributed by atoms with E-state index in [9.17, 15) is 4.79 Å². The van der Waals surface area contributed by atoms with Crippen LogP contribution >= 0.6 is 0 Å². The molecule has 0 radical (unpaired) electrons. The molecule has 2 nitrogen and oxygen atoms in total. The number of ketones is 1. The lowest BCUT2D eigenvalue weighted by molar-refractivity contribution is 0.101.